The minimum absolute atomic E-state index is 0.0781. The first kappa shape index (κ1) is 9.92. The molecule has 0 fully saturated rings. The zero-order chi connectivity index (χ0) is 9.68. The van der Waals surface area contributed by atoms with Gasteiger partial charge in [0.15, 0.2) is 0 Å². The van der Waals surface area contributed by atoms with Crippen molar-refractivity contribution >= 4 is 5.82 Å². The minimum atomic E-state index is 0.0781. The van der Waals surface area contributed by atoms with E-state index in [0.717, 1.165) is 18.1 Å². The summed E-state index contributed by atoms with van der Waals surface area (Å²) in [5.41, 5.74) is 0. The molecule has 0 aliphatic rings. The van der Waals surface area contributed by atoms with E-state index in [2.05, 4.69) is 15.3 Å². The van der Waals surface area contributed by atoms with Crippen LogP contribution in [0.2, 0.25) is 0 Å². The Morgan fingerprint density at radius 1 is 1.62 bits per heavy atom. The molecule has 1 heterocycles. The summed E-state index contributed by atoms with van der Waals surface area (Å²) in [4.78, 5) is 8.16. The van der Waals surface area contributed by atoms with Crippen molar-refractivity contribution in [3.8, 4) is 0 Å². The van der Waals surface area contributed by atoms with E-state index in [1.165, 1.54) is 0 Å². The predicted octanol–water partition coefficient (Wildman–Crippen LogP) is 0.968. The van der Waals surface area contributed by atoms with Crippen molar-refractivity contribution in [2.45, 2.75) is 26.3 Å². The summed E-state index contributed by atoms with van der Waals surface area (Å²) >= 11 is 0. The number of aliphatic hydroxyl groups is 1. The van der Waals surface area contributed by atoms with Gasteiger partial charge in [-0.3, -0.25) is 0 Å². The zero-order valence-electron chi connectivity index (χ0n) is 7.99. The highest BCUT2D eigenvalue weighted by Crippen LogP contribution is 2.04. The van der Waals surface area contributed by atoms with Gasteiger partial charge in [-0.05, 0) is 19.4 Å². The van der Waals surface area contributed by atoms with Crippen LogP contribution in [0, 0.1) is 6.92 Å². The Morgan fingerprint density at radius 3 is 2.92 bits per heavy atom. The highest BCUT2D eigenvalue weighted by atomic mass is 16.3. The molecule has 0 amide bonds. The summed E-state index contributed by atoms with van der Waals surface area (Å²) in [5, 5.41) is 12.1. The van der Waals surface area contributed by atoms with Crippen molar-refractivity contribution in [2.75, 3.05) is 11.9 Å². The molecule has 1 unspecified atom stereocenters. The third-order valence-electron chi connectivity index (χ3n) is 1.84. The van der Waals surface area contributed by atoms with E-state index in [4.69, 9.17) is 5.11 Å². The highest BCUT2D eigenvalue weighted by molar-refractivity contribution is 5.33. The predicted molar refractivity (Wildman–Crippen MR) is 51.6 cm³/mol. The summed E-state index contributed by atoms with van der Waals surface area (Å²) in [6.07, 6.45) is 2.58. The largest absolute Gasteiger partial charge is 0.394 e. The normalized spacial score (nSPS) is 12.5. The van der Waals surface area contributed by atoms with E-state index >= 15 is 0 Å². The van der Waals surface area contributed by atoms with Gasteiger partial charge in [-0.25, -0.2) is 9.97 Å². The topological polar surface area (TPSA) is 58.0 Å². The maximum atomic E-state index is 8.95. The van der Waals surface area contributed by atoms with Gasteiger partial charge in [-0.15, -0.1) is 0 Å². The number of aliphatic hydroxyl groups excluding tert-OH is 1. The SMILES string of the molecule is CCC(CO)Nc1ccnc(C)n1. The molecule has 13 heavy (non-hydrogen) atoms. The maximum absolute atomic E-state index is 8.95. The van der Waals surface area contributed by atoms with E-state index in [-0.39, 0.29) is 12.6 Å². The van der Waals surface area contributed by atoms with E-state index < -0.39 is 0 Å². The summed E-state index contributed by atoms with van der Waals surface area (Å²) < 4.78 is 0. The van der Waals surface area contributed by atoms with Crippen molar-refractivity contribution in [3.63, 3.8) is 0 Å². The lowest BCUT2D eigenvalue weighted by Gasteiger charge is -2.14. The van der Waals surface area contributed by atoms with E-state index in [1.807, 2.05) is 13.8 Å². The van der Waals surface area contributed by atoms with Crippen LogP contribution in [-0.4, -0.2) is 27.7 Å². The standard InChI is InChI=1S/C9H15N3O/c1-3-8(6-13)12-9-4-5-10-7(2)11-9/h4-5,8,13H,3,6H2,1-2H3,(H,10,11,12). The molecule has 0 bridgehead atoms. The van der Waals surface area contributed by atoms with E-state index in [9.17, 15) is 0 Å². The fourth-order valence-electron chi connectivity index (χ4n) is 1.02. The monoisotopic (exact) mass is 181 g/mol. The number of aromatic nitrogens is 2. The Labute approximate surface area is 78.0 Å². The first-order valence-corrected chi connectivity index (χ1v) is 4.43. The Balaban J connectivity index is 2.62. The van der Waals surface area contributed by atoms with Crippen molar-refractivity contribution in [1.82, 2.24) is 9.97 Å². The first-order valence-electron chi connectivity index (χ1n) is 4.43. The van der Waals surface area contributed by atoms with Gasteiger partial charge in [0.2, 0.25) is 0 Å². The van der Waals surface area contributed by atoms with Gasteiger partial charge in [0.1, 0.15) is 11.6 Å². The second kappa shape index (κ2) is 4.77. The second-order valence-electron chi connectivity index (χ2n) is 2.92. The highest BCUT2D eigenvalue weighted by Gasteiger charge is 2.04. The minimum Gasteiger partial charge on any atom is -0.394 e. The second-order valence-corrected chi connectivity index (χ2v) is 2.92. The summed E-state index contributed by atoms with van der Waals surface area (Å²) in [5.74, 6) is 1.51. The number of rotatable bonds is 4. The molecular weight excluding hydrogens is 166 g/mol. The number of nitrogens with zero attached hydrogens (tertiary/aromatic N) is 2. The molecule has 4 nitrogen and oxygen atoms in total. The molecule has 2 N–H and O–H groups in total. The molecule has 0 saturated heterocycles. The Hall–Kier alpha value is -1.16. The molecular formula is C9H15N3O. The molecule has 0 saturated carbocycles. The lowest BCUT2D eigenvalue weighted by molar-refractivity contribution is 0.271. The van der Waals surface area contributed by atoms with Crippen molar-refractivity contribution < 1.29 is 5.11 Å². The molecule has 0 aliphatic heterocycles. The summed E-state index contributed by atoms with van der Waals surface area (Å²) in [7, 11) is 0. The summed E-state index contributed by atoms with van der Waals surface area (Å²) in [6, 6.07) is 1.87. The van der Waals surface area contributed by atoms with Crippen LogP contribution in [0.15, 0.2) is 12.3 Å². The average Bonchev–Trinajstić information content (AvgIpc) is 2.14. The van der Waals surface area contributed by atoms with E-state index in [1.54, 1.807) is 12.3 Å². The van der Waals surface area contributed by atoms with Gasteiger partial charge in [0, 0.05) is 6.20 Å². The smallest absolute Gasteiger partial charge is 0.129 e. The lowest BCUT2D eigenvalue weighted by Crippen LogP contribution is -2.23. The number of anilines is 1. The molecule has 1 aromatic heterocycles. The Bertz CT molecular complexity index is 261. The maximum Gasteiger partial charge on any atom is 0.129 e. The van der Waals surface area contributed by atoms with Gasteiger partial charge in [-0.2, -0.15) is 0 Å². The van der Waals surface area contributed by atoms with Crippen molar-refractivity contribution in [3.05, 3.63) is 18.1 Å². The lowest BCUT2D eigenvalue weighted by atomic mass is 10.2. The summed E-state index contributed by atoms with van der Waals surface area (Å²) in [6.45, 7) is 3.98. The first-order chi connectivity index (χ1) is 6.26. The van der Waals surface area contributed by atoms with Gasteiger partial charge in [-0.1, -0.05) is 6.92 Å². The van der Waals surface area contributed by atoms with Gasteiger partial charge < -0.3 is 10.4 Å². The average molecular weight is 181 g/mol. The van der Waals surface area contributed by atoms with Crippen LogP contribution in [-0.2, 0) is 0 Å². The molecule has 0 spiro atoms. The molecule has 4 heteroatoms. The van der Waals surface area contributed by atoms with Crippen molar-refractivity contribution in [2.24, 2.45) is 0 Å². The number of nitrogens with one attached hydrogen (secondary N) is 1. The number of aryl methyl sites for hydroxylation is 1. The van der Waals surface area contributed by atoms with Crippen LogP contribution in [0.5, 0.6) is 0 Å². The van der Waals surface area contributed by atoms with Gasteiger partial charge >= 0.3 is 0 Å². The molecule has 1 aromatic rings. The van der Waals surface area contributed by atoms with Crippen LogP contribution in [0.1, 0.15) is 19.2 Å². The third kappa shape index (κ3) is 2.99. The zero-order valence-corrected chi connectivity index (χ0v) is 7.99. The van der Waals surface area contributed by atoms with Gasteiger partial charge in [0.05, 0.1) is 12.6 Å². The van der Waals surface area contributed by atoms with Crippen molar-refractivity contribution in [1.29, 1.82) is 0 Å². The Kier molecular flexibility index (Phi) is 3.64. The Morgan fingerprint density at radius 2 is 2.38 bits per heavy atom. The van der Waals surface area contributed by atoms with Crippen LogP contribution in [0.4, 0.5) is 5.82 Å². The third-order valence-corrected chi connectivity index (χ3v) is 1.84. The molecule has 1 atom stereocenters. The number of hydrogen-bond acceptors (Lipinski definition) is 4. The quantitative estimate of drug-likeness (QED) is 0.726. The molecule has 0 aliphatic carbocycles. The fourth-order valence-corrected chi connectivity index (χ4v) is 1.02. The molecule has 0 aromatic carbocycles. The van der Waals surface area contributed by atoms with Gasteiger partial charge in [0.25, 0.3) is 0 Å². The fraction of sp³-hybridized carbons (Fsp3) is 0.556. The molecule has 0 radical (unpaired) electrons. The van der Waals surface area contributed by atoms with Crippen LogP contribution < -0.4 is 5.32 Å². The van der Waals surface area contributed by atoms with Crippen LogP contribution >= 0.6 is 0 Å². The van der Waals surface area contributed by atoms with Crippen LogP contribution in [0.3, 0.4) is 0 Å². The molecule has 1 rings (SSSR count). The molecule has 72 valence electrons. The number of hydrogen-bond donors (Lipinski definition) is 2. The van der Waals surface area contributed by atoms with E-state index in [0.29, 0.717) is 0 Å². The van der Waals surface area contributed by atoms with Crippen LogP contribution in [0.25, 0.3) is 0 Å².